The summed E-state index contributed by atoms with van der Waals surface area (Å²) in [5.41, 5.74) is 3.24. The lowest BCUT2D eigenvalue weighted by molar-refractivity contribution is 0.0750. The molecule has 2 aliphatic heterocycles. The molecule has 0 saturated heterocycles. The maximum absolute atomic E-state index is 6.11. The minimum absolute atomic E-state index is 0.193. The molecule has 2 aromatic rings. The van der Waals surface area contributed by atoms with Gasteiger partial charge in [0.1, 0.15) is 5.75 Å². The first-order valence-corrected chi connectivity index (χ1v) is 7.48. The molecule has 0 spiro atoms. The topological polar surface area (TPSA) is 24.8 Å². The molecule has 4 rings (SSSR count). The highest BCUT2D eigenvalue weighted by molar-refractivity contribution is 6.31. The second-order valence-corrected chi connectivity index (χ2v) is 6.04. The molecular weight excluding hydrogens is 307 g/mol. The van der Waals surface area contributed by atoms with Crippen LogP contribution < -0.4 is 4.74 Å². The lowest BCUT2D eigenvalue weighted by Crippen LogP contribution is -2.29. The normalized spacial score (nSPS) is 19.6. The zero-order valence-corrected chi connectivity index (χ0v) is 12.6. The second-order valence-electron chi connectivity index (χ2n) is 5.17. The van der Waals surface area contributed by atoms with E-state index in [9.17, 15) is 0 Å². The van der Waals surface area contributed by atoms with Crippen molar-refractivity contribution in [3.8, 4) is 5.75 Å². The molecular formula is C16H12Cl2N2O. The maximum atomic E-state index is 6.11. The van der Waals surface area contributed by atoms with Gasteiger partial charge in [-0.1, -0.05) is 35.3 Å². The number of hydrogen-bond donors (Lipinski definition) is 0. The van der Waals surface area contributed by atoms with Gasteiger partial charge in [0.15, 0.2) is 6.73 Å². The number of rotatable bonds is 1. The number of hydrogen-bond acceptors (Lipinski definition) is 3. The average molecular weight is 319 g/mol. The standard InChI is InChI=1S/C16H12Cl2N2O/c17-11-3-1-10(2-4-11)14-8-15-13-7-12(18)5-6-16(13)21-9-20(15)19-14/h1-7,15H,8-9H2/t15-/m1/s1. The number of ether oxygens (including phenoxy) is 1. The van der Waals surface area contributed by atoms with Gasteiger partial charge >= 0.3 is 0 Å². The quantitative estimate of drug-likeness (QED) is 0.773. The maximum Gasteiger partial charge on any atom is 0.177 e. The summed E-state index contributed by atoms with van der Waals surface area (Å²) in [6.45, 7) is 0.469. The molecule has 0 amide bonds. The van der Waals surface area contributed by atoms with Gasteiger partial charge in [-0.15, -0.1) is 0 Å². The fourth-order valence-corrected chi connectivity index (χ4v) is 3.11. The Balaban J connectivity index is 1.68. The number of benzene rings is 2. The SMILES string of the molecule is Clc1ccc(C2=NN3COc4ccc(Cl)cc4[C@H]3C2)cc1. The molecule has 0 radical (unpaired) electrons. The van der Waals surface area contributed by atoms with Crippen LogP contribution in [0.15, 0.2) is 47.6 Å². The summed E-state index contributed by atoms with van der Waals surface area (Å²) < 4.78 is 5.73. The van der Waals surface area contributed by atoms with E-state index in [0.29, 0.717) is 6.73 Å². The Morgan fingerprint density at radius 2 is 1.81 bits per heavy atom. The summed E-state index contributed by atoms with van der Waals surface area (Å²) in [5, 5.41) is 8.11. The van der Waals surface area contributed by atoms with E-state index < -0.39 is 0 Å². The molecule has 2 heterocycles. The zero-order valence-electron chi connectivity index (χ0n) is 11.1. The molecule has 0 bridgehead atoms. The van der Waals surface area contributed by atoms with Gasteiger partial charge in [-0.3, -0.25) is 5.01 Å². The minimum atomic E-state index is 0.193. The van der Waals surface area contributed by atoms with Gasteiger partial charge in [-0.2, -0.15) is 5.10 Å². The van der Waals surface area contributed by atoms with Gasteiger partial charge in [-0.25, -0.2) is 0 Å². The molecule has 0 N–H and O–H groups in total. The lowest BCUT2D eigenvalue weighted by Gasteiger charge is -2.30. The van der Waals surface area contributed by atoms with E-state index in [1.165, 1.54) is 0 Å². The average Bonchev–Trinajstić information content (AvgIpc) is 2.92. The van der Waals surface area contributed by atoms with Crippen molar-refractivity contribution in [2.24, 2.45) is 5.10 Å². The van der Waals surface area contributed by atoms with Gasteiger partial charge in [-0.05, 0) is 35.9 Å². The summed E-state index contributed by atoms with van der Waals surface area (Å²) >= 11 is 12.1. The van der Waals surface area contributed by atoms with Crippen molar-refractivity contribution in [2.45, 2.75) is 12.5 Å². The highest BCUT2D eigenvalue weighted by atomic mass is 35.5. The predicted octanol–water partition coefficient (Wildman–Crippen LogP) is 4.49. The fourth-order valence-electron chi connectivity index (χ4n) is 2.81. The van der Waals surface area contributed by atoms with Crippen LogP contribution in [0.25, 0.3) is 0 Å². The molecule has 3 nitrogen and oxygen atoms in total. The number of fused-ring (bicyclic) bond motifs is 3. The molecule has 0 saturated carbocycles. The van der Waals surface area contributed by atoms with Crippen LogP contribution in [-0.2, 0) is 0 Å². The summed E-state index contributed by atoms with van der Waals surface area (Å²) in [6.07, 6.45) is 0.846. The molecule has 2 aromatic carbocycles. The van der Waals surface area contributed by atoms with E-state index in [-0.39, 0.29) is 6.04 Å². The molecule has 0 fully saturated rings. The summed E-state index contributed by atoms with van der Waals surface area (Å²) in [7, 11) is 0. The van der Waals surface area contributed by atoms with E-state index >= 15 is 0 Å². The van der Waals surface area contributed by atoms with Crippen LogP contribution >= 0.6 is 23.2 Å². The molecule has 2 aliphatic rings. The third kappa shape index (κ3) is 2.27. The summed E-state index contributed by atoms with van der Waals surface area (Å²) in [5.74, 6) is 0.896. The highest BCUT2D eigenvalue weighted by Crippen LogP contribution is 2.41. The third-order valence-corrected chi connectivity index (χ3v) is 4.34. The van der Waals surface area contributed by atoms with Crippen molar-refractivity contribution in [1.29, 1.82) is 0 Å². The van der Waals surface area contributed by atoms with E-state index in [1.54, 1.807) is 0 Å². The van der Waals surface area contributed by atoms with E-state index in [1.807, 2.05) is 47.5 Å². The van der Waals surface area contributed by atoms with E-state index in [4.69, 9.17) is 27.9 Å². The van der Waals surface area contributed by atoms with Gasteiger partial charge in [0.05, 0.1) is 11.8 Å². The predicted molar refractivity (Wildman–Crippen MR) is 84.1 cm³/mol. The van der Waals surface area contributed by atoms with Crippen LogP contribution in [0.2, 0.25) is 10.0 Å². The monoisotopic (exact) mass is 318 g/mol. The molecule has 1 atom stereocenters. The molecule has 0 aromatic heterocycles. The van der Waals surface area contributed by atoms with Crippen molar-refractivity contribution in [1.82, 2.24) is 5.01 Å². The van der Waals surface area contributed by atoms with Crippen molar-refractivity contribution < 1.29 is 4.74 Å². The third-order valence-electron chi connectivity index (χ3n) is 3.86. The van der Waals surface area contributed by atoms with Crippen LogP contribution in [0.5, 0.6) is 5.75 Å². The smallest absolute Gasteiger partial charge is 0.177 e. The van der Waals surface area contributed by atoms with E-state index in [0.717, 1.165) is 39.1 Å². The van der Waals surface area contributed by atoms with Crippen LogP contribution in [0.1, 0.15) is 23.6 Å². The van der Waals surface area contributed by atoms with Crippen molar-refractivity contribution >= 4 is 28.9 Å². The fraction of sp³-hybridized carbons (Fsp3) is 0.188. The van der Waals surface area contributed by atoms with Gasteiger partial charge < -0.3 is 4.74 Å². The molecule has 21 heavy (non-hydrogen) atoms. The van der Waals surface area contributed by atoms with Crippen LogP contribution in [0.4, 0.5) is 0 Å². The van der Waals surface area contributed by atoms with Crippen LogP contribution in [-0.4, -0.2) is 17.5 Å². The lowest BCUT2D eigenvalue weighted by atomic mass is 9.97. The Morgan fingerprint density at radius 1 is 1.05 bits per heavy atom. The highest BCUT2D eigenvalue weighted by Gasteiger charge is 2.34. The Labute approximate surface area is 132 Å². The van der Waals surface area contributed by atoms with Gasteiger partial charge in [0.2, 0.25) is 0 Å². The Kier molecular flexibility index (Phi) is 3.05. The van der Waals surface area contributed by atoms with Crippen LogP contribution in [0, 0.1) is 0 Å². The van der Waals surface area contributed by atoms with Crippen molar-refractivity contribution in [3.63, 3.8) is 0 Å². The Morgan fingerprint density at radius 3 is 2.62 bits per heavy atom. The number of nitrogens with zero attached hydrogens (tertiary/aromatic N) is 2. The number of halogens is 2. The van der Waals surface area contributed by atoms with Gasteiger partial charge in [0.25, 0.3) is 0 Å². The first kappa shape index (κ1) is 13.0. The minimum Gasteiger partial charge on any atom is -0.471 e. The summed E-state index contributed by atoms with van der Waals surface area (Å²) in [4.78, 5) is 0. The zero-order chi connectivity index (χ0) is 14.4. The van der Waals surface area contributed by atoms with Gasteiger partial charge in [0, 0.05) is 22.0 Å². The van der Waals surface area contributed by atoms with Crippen LogP contribution in [0.3, 0.4) is 0 Å². The first-order valence-electron chi connectivity index (χ1n) is 6.73. The first-order chi connectivity index (χ1) is 10.2. The van der Waals surface area contributed by atoms with Crippen molar-refractivity contribution in [3.05, 3.63) is 63.6 Å². The molecule has 106 valence electrons. The molecule has 0 aliphatic carbocycles. The largest absolute Gasteiger partial charge is 0.471 e. The Hall–Kier alpha value is -1.71. The van der Waals surface area contributed by atoms with Crippen molar-refractivity contribution in [2.75, 3.05) is 6.73 Å². The molecule has 0 unspecified atom stereocenters. The van der Waals surface area contributed by atoms with E-state index in [2.05, 4.69) is 5.10 Å². The number of hydrazone groups is 1. The molecule has 5 heteroatoms. The summed E-state index contributed by atoms with van der Waals surface area (Å²) in [6, 6.07) is 13.7. The second kappa shape index (κ2) is 4.93. The Bertz CT molecular complexity index is 728.